The number of hydrogen-bond donors (Lipinski definition) is 2. The van der Waals surface area contributed by atoms with Crippen molar-refractivity contribution in [1.29, 1.82) is 0 Å². The Morgan fingerprint density at radius 3 is 3.08 bits per heavy atom. The van der Waals surface area contributed by atoms with Gasteiger partial charge in [0.1, 0.15) is 18.2 Å². The minimum absolute atomic E-state index is 0.200. The van der Waals surface area contributed by atoms with Crippen molar-refractivity contribution in [3.8, 4) is 0 Å². The van der Waals surface area contributed by atoms with Crippen LogP contribution < -0.4 is 5.32 Å². The van der Waals surface area contributed by atoms with Gasteiger partial charge in [-0.3, -0.25) is 4.79 Å². The molecule has 124 valence electrons. The van der Waals surface area contributed by atoms with E-state index in [9.17, 15) is 4.79 Å². The highest BCUT2D eigenvalue weighted by molar-refractivity contribution is 5.93. The first kappa shape index (κ1) is 16.2. The number of amides is 1. The number of fused-ring (bicyclic) bond motifs is 1. The summed E-state index contributed by atoms with van der Waals surface area (Å²) in [7, 11) is 0. The molecule has 2 aromatic rings. The average molecular weight is 324 g/mol. The van der Waals surface area contributed by atoms with E-state index in [4.69, 9.17) is 9.84 Å². The Bertz CT molecular complexity index is 784. The number of aromatic nitrogens is 1. The third kappa shape index (κ3) is 3.16. The van der Waals surface area contributed by atoms with Crippen LogP contribution in [0.2, 0.25) is 0 Å². The van der Waals surface area contributed by atoms with Gasteiger partial charge in [0.2, 0.25) is 6.41 Å². The lowest BCUT2D eigenvalue weighted by Gasteiger charge is -2.11. The van der Waals surface area contributed by atoms with Gasteiger partial charge in [0.25, 0.3) is 0 Å². The molecule has 0 unspecified atom stereocenters. The monoisotopic (exact) mass is 324 g/mol. The lowest BCUT2D eigenvalue weighted by atomic mass is 9.98. The summed E-state index contributed by atoms with van der Waals surface area (Å²) in [5.74, 6) is 1.34. The SMILES string of the molecule is C/C(=C1/OCc2cc(CCCO)ccc21)c1cccnc1NC=O. The van der Waals surface area contributed by atoms with Crippen molar-refractivity contribution in [2.24, 2.45) is 0 Å². The number of nitrogens with one attached hydrogen (secondary N) is 1. The molecule has 0 radical (unpaired) electrons. The van der Waals surface area contributed by atoms with Gasteiger partial charge in [0, 0.05) is 35.1 Å². The molecule has 2 heterocycles. The van der Waals surface area contributed by atoms with Crippen molar-refractivity contribution in [1.82, 2.24) is 4.98 Å². The van der Waals surface area contributed by atoms with Gasteiger partial charge in [0.05, 0.1) is 0 Å². The van der Waals surface area contributed by atoms with Gasteiger partial charge in [-0.2, -0.15) is 0 Å². The number of aliphatic hydroxyl groups is 1. The third-order valence-corrected chi connectivity index (χ3v) is 4.16. The zero-order chi connectivity index (χ0) is 16.9. The lowest BCUT2D eigenvalue weighted by molar-refractivity contribution is -0.105. The van der Waals surface area contributed by atoms with Crippen molar-refractivity contribution in [3.05, 3.63) is 58.8 Å². The second-order valence-corrected chi connectivity index (χ2v) is 5.72. The molecule has 1 amide bonds. The molecule has 5 nitrogen and oxygen atoms in total. The van der Waals surface area contributed by atoms with Crippen molar-refractivity contribution >= 4 is 23.6 Å². The Kier molecular flexibility index (Phi) is 4.91. The first-order valence-electron chi connectivity index (χ1n) is 7.97. The molecule has 1 aliphatic heterocycles. The molecule has 1 aromatic carbocycles. The molecule has 1 aliphatic rings. The predicted molar refractivity (Wildman–Crippen MR) is 93.0 cm³/mol. The second kappa shape index (κ2) is 7.27. The van der Waals surface area contributed by atoms with Crippen LogP contribution in [0.3, 0.4) is 0 Å². The van der Waals surface area contributed by atoms with E-state index < -0.39 is 0 Å². The van der Waals surface area contributed by atoms with Crippen LogP contribution in [-0.4, -0.2) is 23.1 Å². The first-order chi connectivity index (χ1) is 11.7. The van der Waals surface area contributed by atoms with Gasteiger partial charge in [0.15, 0.2) is 0 Å². The number of nitrogens with zero attached hydrogens (tertiary/aromatic N) is 1. The van der Waals surface area contributed by atoms with E-state index in [1.165, 1.54) is 5.56 Å². The molecular formula is C19H20N2O3. The number of benzene rings is 1. The fraction of sp³-hybridized carbons (Fsp3) is 0.263. The van der Waals surface area contributed by atoms with Crippen LogP contribution in [0.4, 0.5) is 5.82 Å². The number of anilines is 1. The summed E-state index contributed by atoms with van der Waals surface area (Å²) >= 11 is 0. The molecular weight excluding hydrogens is 304 g/mol. The van der Waals surface area contributed by atoms with Crippen LogP contribution in [0.1, 0.15) is 35.6 Å². The van der Waals surface area contributed by atoms with Crippen LogP contribution in [0, 0.1) is 0 Å². The zero-order valence-corrected chi connectivity index (χ0v) is 13.6. The fourth-order valence-electron chi connectivity index (χ4n) is 2.97. The fourth-order valence-corrected chi connectivity index (χ4v) is 2.97. The predicted octanol–water partition coefficient (Wildman–Crippen LogP) is 2.99. The van der Waals surface area contributed by atoms with Gasteiger partial charge in [-0.25, -0.2) is 4.98 Å². The summed E-state index contributed by atoms with van der Waals surface area (Å²) in [6.45, 7) is 2.70. The van der Waals surface area contributed by atoms with Gasteiger partial charge >= 0.3 is 0 Å². The van der Waals surface area contributed by atoms with E-state index in [0.29, 0.717) is 18.8 Å². The number of pyridine rings is 1. The summed E-state index contributed by atoms with van der Waals surface area (Å²) in [4.78, 5) is 15.0. The van der Waals surface area contributed by atoms with E-state index in [1.807, 2.05) is 19.1 Å². The number of hydrogen-bond acceptors (Lipinski definition) is 4. The Hall–Kier alpha value is -2.66. The number of carbonyl (C=O) groups is 1. The molecule has 0 bridgehead atoms. The van der Waals surface area contributed by atoms with Crippen LogP contribution in [-0.2, 0) is 22.6 Å². The summed E-state index contributed by atoms with van der Waals surface area (Å²) in [6, 6.07) is 10.0. The van der Waals surface area contributed by atoms with Gasteiger partial charge in [-0.1, -0.05) is 18.2 Å². The maximum atomic E-state index is 10.8. The standard InChI is InChI=1S/C19H20N2O3/c1-13(16-5-2-8-20-19(16)21-12-23)18-17-7-6-14(4-3-9-22)10-15(17)11-24-18/h2,5-8,10,12,22H,3-4,9,11H2,1H3,(H,20,21,23)/b18-13-. The van der Waals surface area contributed by atoms with Crippen LogP contribution in [0.25, 0.3) is 11.3 Å². The minimum atomic E-state index is 0.200. The number of ether oxygens (including phenoxy) is 1. The van der Waals surface area contributed by atoms with Gasteiger partial charge < -0.3 is 15.2 Å². The minimum Gasteiger partial charge on any atom is -0.488 e. The molecule has 0 atom stereocenters. The molecule has 1 aromatic heterocycles. The number of allylic oxidation sites excluding steroid dienone is 1. The highest BCUT2D eigenvalue weighted by Gasteiger charge is 2.22. The molecule has 5 heteroatoms. The molecule has 3 rings (SSSR count). The molecule has 0 aliphatic carbocycles. The smallest absolute Gasteiger partial charge is 0.212 e. The Morgan fingerprint density at radius 2 is 2.29 bits per heavy atom. The molecule has 0 fully saturated rings. The molecule has 24 heavy (non-hydrogen) atoms. The Labute approximate surface area is 141 Å². The number of rotatable bonds is 6. The maximum absolute atomic E-state index is 10.8. The van der Waals surface area contributed by atoms with Gasteiger partial charge in [-0.15, -0.1) is 0 Å². The molecule has 0 spiro atoms. The highest BCUT2D eigenvalue weighted by atomic mass is 16.5. The number of carbonyl (C=O) groups excluding carboxylic acids is 1. The summed E-state index contributed by atoms with van der Waals surface area (Å²) in [6.07, 6.45) is 3.89. The van der Waals surface area contributed by atoms with Crippen LogP contribution >= 0.6 is 0 Å². The third-order valence-electron chi connectivity index (χ3n) is 4.16. The number of aliphatic hydroxyl groups excluding tert-OH is 1. The van der Waals surface area contributed by atoms with E-state index in [2.05, 4.69) is 28.5 Å². The maximum Gasteiger partial charge on any atom is 0.212 e. The topological polar surface area (TPSA) is 71.5 Å². The lowest BCUT2D eigenvalue weighted by Crippen LogP contribution is -2.01. The summed E-state index contributed by atoms with van der Waals surface area (Å²) < 4.78 is 5.92. The van der Waals surface area contributed by atoms with E-state index in [0.717, 1.165) is 40.9 Å². The van der Waals surface area contributed by atoms with E-state index >= 15 is 0 Å². The Balaban J connectivity index is 1.97. The van der Waals surface area contributed by atoms with Crippen molar-refractivity contribution in [2.75, 3.05) is 11.9 Å². The van der Waals surface area contributed by atoms with Crippen molar-refractivity contribution < 1.29 is 14.6 Å². The second-order valence-electron chi connectivity index (χ2n) is 5.72. The van der Waals surface area contributed by atoms with Crippen molar-refractivity contribution in [2.45, 2.75) is 26.4 Å². The summed E-state index contributed by atoms with van der Waals surface area (Å²) in [5.41, 5.74) is 5.20. The van der Waals surface area contributed by atoms with Crippen molar-refractivity contribution in [3.63, 3.8) is 0 Å². The average Bonchev–Trinajstić information content (AvgIpc) is 3.03. The summed E-state index contributed by atoms with van der Waals surface area (Å²) in [5, 5.41) is 11.6. The van der Waals surface area contributed by atoms with E-state index in [1.54, 1.807) is 6.20 Å². The molecule has 2 N–H and O–H groups in total. The molecule has 0 saturated carbocycles. The van der Waals surface area contributed by atoms with Gasteiger partial charge in [-0.05, 0) is 37.5 Å². The first-order valence-corrected chi connectivity index (χ1v) is 7.97. The number of aryl methyl sites for hydroxylation is 1. The van der Waals surface area contributed by atoms with Crippen LogP contribution in [0.15, 0.2) is 36.5 Å². The van der Waals surface area contributed by atoms with Crippen LogP contribution in [0.5, 0.6) is 0 Å². The Morgan fingerprint density at radius 1 is 1.42 bits per heavy atom. The zero-order valence-electron chi connectivity index (χ0n) is 13.6. The normalized spacial score (nSPS) is 14.8. The quantitative estimate of drug-likeness (QED) is 0.801. The molecule has 0 saturated heterocycles. The largest absolute Gasteiger partial charge is 0.488 e. The van der Waals surface area contributed by atoms with E-state index in [-0.39, 0.29) is 6.61 Å². The highest BCUT2D eigenvalue weighted by Crippen LogP contribution is 2.37.